The number of hydrogen-bond donors (Lipinski definition) is 3. The van der Waals surface area contributed by atoms with Crippen molar-refractivity contribution in [2.45, 2.75) is 38.6 Å². The highest BCUT2D eigenvalue weighted by atomic mass is 16.3. The maximum Gasteiger partial charge on any atom is 0.317 e. The third-order valence-electron chi connectivity index (χ3n) is 5.01. The van der Waals surface area contributed by atoms with Crippen LogP contribution in [0, 0.1) is 5.92 Å². The summed E-state index contributed by atoms with van der Waals surface area (Å²) < 4.78 is 5.15. The molecular weight excluding hydrogens is 332 g/mol. The van der Waals surface area contributed by atoms with E-state index in [4.69, 9.17) is 4.42 Å². The van der Waals surface area contributed by atoms with Crippen molar-refractivity contribution in [2.24, 2.45) is 5.92 Å². The van der Waals surface area contributed by atoms with Gasteiger partial charge >= 0.3 is 12.1 Å². The van der Waals surface area contributed by atoms with Crippen LogP contribution in [0.15, 0.2) is 34.5 Å². The Balaban J connectivity index is 1.26. The Morgan fingerprint density at radius 2 is 2.08 bits per heavy atom. The van der Waals surface area contributed by atoms with Gasteiger partial charge in [-0.1, -0.05) is 11.6 Å². The van der Waals surface area contributed by atoms with Crippen LogP contribution in [0.25, 0.3) is 0 Å². The van der Waals surface area contributed by atoms with Crippen LogP contribution in [0.3, 0.4) is 0 Å². The second-order valence-corrected chi connectivity index (χ2v) is 6.89. The molecule has 4 amide bonds. The van der Waals surface area contributed by atoms with Gasteiger partial charge in [0.2, 0.25) is 0 Å². The highest BCUT2D eigenvalue weighted by Gasteiger charge is 2.27. The van der Waals surface area contributed by atoms with Crippen molar-refractivity contribution in [3.63, 3.8) is 0 Å². The minimum atomic E-state index is -0.237. The molecule has 0 aromatic carbocycles. The van der Waals surface area contributed by atoms with Gasteiger partial charge in [0, 0.05) is 26.2 Å². The van der Waals surface area contributed by atoms with Crippen LogP contribution in [-0.2, 0) is 6.54 Å². The zero-order valence-electron chi connectivity index (χ0n) is 15.1. The highest BCUT2D eigenvalue weighted by molar-refractivity contribution is 5.75. The first kappa shape index (κ1) is 18.4. The van der Waals surface area contributed by atoms with Crippen LogP contribution in [0.1, 0.15) is 37.9 Å². The van der Waals surface area contributed by atoms with Crippen molar-refractivity contribution in [3.8, 4) is 0 Å². The minimum Gasteiger partial charge on any atom is -0.467 e. The summed E-state index contributed by atoms with van der Waals surface area (Å²) in [6, 6.07) is 3.35. The minimum absolute atomic E-state index is 0.00260. The average Bonchev–Trinajstić information content (AvgIpc) is 3.19. The molecular formula is C19H28N4O3. The molecule has 2 heterocycles. The zero-order chi connectivity index (χ0) is 18.2. The van der Waals surface area contributed by atoms with Crippen LogP contribution in [0.4, 0.5) is 9.59 Å². The van der Waals surface area contributed by atoms with E-state index in [1.165, 1.54) is 18.4 Å². The lowest BCUT2D eigenvalue weighted by molar-refractivity contribution is 0.186. The topological polar surface area (TPSA) is 86.6 Å². The first-order valence-corrected chi connectivity index (χ1v) is 9.48. The number of fused-ring (bicyclic) bond motifs is 1. The molecule has 1 aliphatic carbocycles. The Kier molecular flexibility index (Phi) is 6.57. The van der Waals surface area contributed by atoms with Gasteiger partial charge in [0.25, 0.3) is 0 Å². The number of carbonyl (C=O) groups excluding carboxylic acids is 2. The molecule has 7 nitrogen and oxygen atoms in total. The van der Waals surface area contributed by atoms with E-state index in [9.17, 15) is 9.59 Å². The van der Waals surface area contributed by atoms with Gasteiger partial charge in [0.1, 0.15) is 5.76 Å². The maximum atomic E-state index is 12.3. The lowest BCUT2D eigenvalue weighted by Crippen LogP contribution is -2.46. The average molecular weight is 360 g/mol. The Hall–Kier alpha value is -2.44. The van der Waals surface area contributed by atoms with Gasteiger partial charge in [-0.05, 0) is 50.2 Å². The number of nitrogens with one attached hydrogen (secondary N) is 3. The second-order valence-electron chi connectivity index (χ2n) is 6.89. The molecule has 3 rings (SSSR count). The van der Waals surface area contributed by atoms with Gasteiger partial charge in [-0.15, -0.1) is 0 Å². The number of carbonyl (C=O) groups is 2. The van der Waals surface area contributed by atoms with Gasteiger partial charge in [-0.2, -0.15) is 0 Å². The van der Waals surface area contributed by atoms with Crippen LogP contribution in [0.5, 0.6) is 0 Å². The predicted molar refractivity (Wildman–Crippen MR) is 98.6 cm³/mol. The molecule has 3 N–H and O–H groups in total. The molecule has 1 atom stereocenters. The van der Waals surface area contributed by atoms with Crippen LogP contribution in [0.2, 0.25) is 0 Å². The number of urea groups is 2. The first-order valence-electron chi connectivity index (χ1n) is 9.48. The fourth-order valence-electron chi connectivity index (χ4n) is 3.55. The van der Waals surface area contributed by atoms with Crippen LogP contribution in [-0.4, -0.2) is 43.1 Å². The first-order chi connectivity index (χ1) is 12.7. The number of furan rings is 1. The summed E-state index contributed by atoms with van der Waals surface area (Å²) in [4.78, 5) is 25.8. The molecule has 7 heteroatoms. The Morgan fingerprint density at radius 3 is 2.92 bits per heavy atom. The third kappa shape index (κ3) is 5.28. The van der Waals surface area contributed by atoms with E-state index < -0.39 is 0 Å². The molecule has 1 aromatic rings. The number of piperidine rings is 1. The molecule has 0 radical (unpaired) electrons. The van der Waals surface area contributed by atoms with Crippen LogP contribution < -0.4 is 16.0 Å². The number of likely N-dealkylation sites (tertiary alicyclic amines) is 1. The van der Waals surface area contributed by atoms with Gasteiger partial charge in [-0.3, -0.25) is 0 Å². The molecule has 142 valence electrons. The smallest absolute Gasteiger partial charge is 0.317 e. The summed E-state index contributed by atoms with van der Waals surface area (Å²) in [7, 11) is 0. The Morgan fingerprint density at radius 1 is 1.19 bits per heavy atom. The summed E-state index contributed by atoms with van der Waals surface area (Å²) in [5.41, 5.74) is 1.44. The van der Waals surface area contributed by atoms with Crippen molar-refractivity contribution in [2.75, 3.05) is 26.2 Å². The van der Waals surface area contributed by atoms with E-state index in [0.29, 0.717) is 37.7 Å². The largest absolute Gasteiger partial charge is 0.467 e. The van der Waals surface area contributed by atoms with E-state index in [2.05, 4.69) is 22.0 Å². The van der Waals surface area contributed by atoms with E-state index >= 15 is 0 Å². The maximum absolute atomic E-state index is 12.3. The van der Waals surface area contributed by atoms with Crippen molar-refractivity contribution in [1.82, 2.24) is 20.9 Å². The molecule has 1 fully saturated rings. The van der Waals surface area contributed by atoms with Crippen molar-refractivity contribution < 1.29 is 14.0 Å². The van der Waals surface area contributed by atoms with E-state index in [-0.39, 0.29) is 12.1 Å². The molecule has 0 bridgehead atoms. The molecule has 0 saturated carbocycles. The normalized spacial score (nSPS) is 19.3. The zero-order valence-corrected chi connectivity index (χ0v) is 15.1. The molecule has 2 aliphatic rings. The second kappa shape index (κ2) is 9.31. The van der Waals surface area contributed by atoms with Crippen molar-refractivity contribution in [3.05, 3.63) is 35.8 Å². The van der Waals surface area contributed by atoms with Gasteiger partial charge in [0.05, 0.1) is 12.8 Å². The molecule has 1 aromatic heterocycles. The van der Waals surface area contributed by atoms with Crippen molar-refractivity contribution in [1.29, 1.82) is 0 Å². The predicted octanol–water partition coefficient (Wildman–Crippen LogP) is 2.61. The SMILES string of the molecule is O=C(NCCCNC(=O)N1CCC2CCCC=C2C1)NCc1ccco1. The third-order valence-corrected chi connectivity index (χ3v) is 5.01. The quantitative estimate of drug-likeness (QED) is 0.538. The summed E-state index contributed by atoms with van der Waals surface area (Å²) in [5.74, 6) is 1.40. The van der Waals surface area contributed by atoms with Gasteiger partial charge < -0.3 is 25.3 Å². The molecule has 26 heavy (non-hydrogen) atoms. The van der Waals surface area contributed by atoms with E-state index in [1.807, 2.05) is 11.0 Å². The molecule has 1 saturated heterocycles. The fraction of sp³-hybridized carbons (Fsp3) is 0.579. The van der Waals surface area contributed by atoms with E-state index in [1.54, 1.807) is 12.3 Å². The lowest BCUT2D eigenvalue weighted by Gasteiger charge is -2.36. The molecule has 1 unspecified atom stereocenters. The van der Waals surface area contributed by atoms with Gasteiger partial charge in [-0.25, -0.2) is 9.59 Å². The molecule has 0 spiro atoms. The molecule has 1 aliphatic heterocycles. The summed E-state index contributed by atoms with van der Waals surface area (Å²) in [6.07, 6.45) is 9.37. The van der Waals surface area contributed by atoms with E-state index in [0.717, 1.165) is 25.9 Å². The summed E-state index contributed by atoms with van der Waals surface area (Å²) in [5, 5.41) is 8.44. The standard InChI is InChI=1S/C19H28N4O3/c24-18(22-13-17-7-3-12-26-17)20-9-4-10-21-19(25)23-11-8-15-5-1-2-6-16(15)14-23/h3,6-7,12,15H,1-2,4-5,8-11,13-14H2,(H,21,25)(H2,20,22,24). The summed E-state index contributed by atoms with van der Waals surface area (Å²) in [6.45, 7) is 3.03. The van der Waals surface area contributed by atoms with Crippen molar-refractivity contribution >= 4 is 12.1 Å². The Labute approximate surface area is 154 Å². The lowest BCUT2D eigenvalue weighted by atomic mass is 9.82. The van der Waals surface area contributed by atoms with Gasteiger partial charge in [0.15, 0.2) is 0 Å². The number of hydrogen-bond acceptors (Lipinski definition) is 3. The number of rotatable bonds is 6. The fourth-order valence-corrected chi connectivity index (χ4v) is 3.55. The highest BCUT2D eigenvalue weighted by Crippen LogP contribution is 2.31. The van der Waals surface area contributed by atoms with Crippen LogP contribution >= 0.6 is 0 Å². The monoisotopic (exact) mass is 360 g/mol. The number of amides is 4. The summed E-state index contributed by atoms with van der Waals surface area (Å²) >= 11 is 0. The number of nitrogens with zero attached hydrogens (tertiary/aromatic N) is 1. The number of allylic oxidation sites excluding steroid dienone is 1. The Bertz CT molecular complexity index is 627.